The van der Waals surface area contributed by atoms with Crippen molar-refractivity contribution in [3.63, 3.8) is 0 Å². The number of halogens is 1. The predicted octanol–water partition coefficient (Wildman–Crippen LogP) is 3.55. The molecule has 1 fully saturated rings. The molecule has 176 valence electrons. The maximum absolute atomic E-state index is 13.3. The van der Waals surface area contributed by atoms with Crippen molar-refractivity contribution in [1.29, 1.82) is 0 Å². The summed E-state index contributed by atoms with van der Waals surface area (Å²) in [5.41, 5.74) is 8.19. The maximum atomic E-state index is 13.3. The van der Waals surface area contributed by atoms with Gasteiger partial charge < -0.3 is 21.1 Å². The van der Waals surface area contributed by atoms with Gasteiger partial charge >= 0.3 is 0 Å². The van der Waals surface area contributed by atoms with Crippen LogP contribution in [0.3, 0.4) is 0 Å². The van der Waals surface area contributed by atoms with Crippen molar-refractivity contribution in [2.75, 3.05) is 24.3 Å². The molecule has 35 heavy (non-hydrogen) atoms. The van der Waals surface area contributed by atoms with Gasteiger partial charge in [0.15, 0.2) is 5.69 Å². The number of nitrogen functional groups attached to an aromatic ring is 1. The zero-order valence-electron chi connectivity index (χ0n) is 18.4. The number of pyridine rings is 1. The van der Waals surface area contributed by atoms with Crippen molar-refractivity contribution in [2.45, 2.75) is 6.04 Å². The molecule has 2 aromatic heterocycles. The van der Waals surface area contributed by atoms with E-state index in [-0.39, 0.29) is 28.2 Å². The third kappa shape index (κ3) is 4.86. The van der Waals surface area contributed by atoms with E-state index in [1.807, 2.05) is 30.3 Å². The molecule has 4 aromatic rings. The molecular weight excluding hydrogens is 468 g/mol. The Balaban J connectivity index is 1.46. The minimum Gasteiger partial charge on any atom is -0.384 e. The average molecular weight is 489 g/mol. The molecule has 0 bridgehead atoms. The first-order chi connectivity index (χ1) is 17.0. The Morgan fingerprint density at radius 1 is 1.00 bits per heavy atom. The number of nitrogens with zero attached hydrogens (tertiary/aromatic N) is 3. The maximum Gasteiger partial charge on any atom is 0.272 e. The largest absolute Gasteiger partial charge is 0.384 e. The minimum atomic E-state index is -0.461. The van der Waals surface area contributed by atoms with Crippen LogP contribution in [0.4, 0.5) is 11.6 Å². The molecule has 1 aliphatic heterocycles. The number of aromatic nitrogens is 3. The highest BCUT2D eigenvalue weighted by Gasteiger charge is 2.24. The van der Waals surface area contributed by atoms with Crippen LogP contribution in [0.2, 0.25) is 5.02 Å². The van der Waals surface area contributed by atoms with E-state index in [4.69, 9.17) is 22.1 Å². The van der Waals surface area contributed by atoms with Crippen molar-refractivity contribution in [1.82, 2.24) is 20.1 Å². The standard InChI is InChI=1S/C25H21ClN6O3/c26-19-10-9-15(20-7-4-8-22(27)29-20)11-18(19)24(33)30-23-12-21(25(34)28-16-13-35-14-16)31-32(23)17-5-2-1-3-6-17/h1-12,16H,13-14H2,(H2,27,29)(H,28,34)(H,30,33). The van der Waals surface area contributed by atoms with Crippen LogP contribution in [0, 0.1) is 0 Å². The average Bonchev–Trinajstić information content (AvgIpc) is 3.26. The summed E-state index contributed by atoms with van der Waals surface area (Å²) in [5, 5.41) is 10.4. The van der Waals surface area contributed by atoms with E-state index in [2.05, 4.69) is 20.7 Å². The Morgan fingerprint density at radius 2 is 1.80 bits per heavy atom. The SMILES string of the molecule is Nc1cccc(-c2ccc(Cl)c(C(=O)Nc3cc(C(=O)NC4COC4)nn3-c3ccccc3)c2)n1. The topological polar surface area (TPSA) is 124 Å². The summed E-state index contributed by atoms with van der Waals surface area (Å²) in [6.45, 7) is 0.928. The second kappa shape index (κ2) is 9.57. The lowest BCUT2D eigenvalue weighted by Crippen LogP contribution is -2.48. The zero-order chi connectivity index (χ0) is 24.4. The molecule has 5 rings (SSSR count). The first kappa shape index (κ1) is 22.6. The van der Waals surface area contributed by atoms with Crippen molar-refractivity contribution < 1.29 is 14.3 Å². The van der Waals surface area contributed by atoms with E-state index >= 15 is 0 Å². The molecular formula is C25H21ClN6O3. The Labute approximate surface area is 205 Å². The Kier molecular flexibility index (Phi) is 6.17. The minimum absolute atomic E-state index is 0.0513. The number of para-hydroxylation sites is 1. The van der Waals surface area contributed by atoms with E-state index in [0.29, 0.717) is 41.8 Å². The number of nitrogens with one attached hydrogen (secondary N) is 2. The lowest BCUT2D eigenvalue weighted by atomic mass is 10.1. The van der Waals surface area contributed by atoms with E-state index in [9.17, 15) is 9.59 Å². The molecule has 4 N–H and O–H groups in total. The lowest BCUT2D eigenvalue weighted by molar-refractivity contribution is -0.00355. The van der Waals surface area contributed by atoms with Gasteiger partial charge in [-0.15, -0.1) is 0 Å². The van der Waals surface area contributed by atoms with Crippen LogP contribution in [-0.4, -0.2) is 45.8 Å². The van der Waals surface area contributed by atoms with Gasteiger partial charge in [-0.25, -0.2) is 9.67 Å². The Bertz CT molecular complexity index is 1400. The van der Waals surface area contributed by atoms with Crippen molar-refractivity contribution >= 4 is 35.1 Å². The molecule has 1 saturated heterocycles. The summed E-state index contributed by atoms with van der Waals surface area (Å²) in [6.07, 6.45) is 0. The Morgan fingerprint density at radius 3 is 2.51 bits per heavy atom. The van der Waals surface area contributed by atoms with Gasteiger partial charge in [0.1, 0.15) is 11.6 Å². The second-order valence-corrected chi connectivity index (χ2v) is 8.37. The quantitative estimate of drug-likeness (QED) is 0.381. The number of nitrogens with two attached hydrogens (primary N) is 1. The molecule has 1 aliphatic rings. The molecule has 2 aromatic carbocycles. The summed E-state index contributed by atoms with van der Waals surface area (Å²) >= 11 is 6.36. The first-order valence-corrected chi connectivity index (χ1v) is 11.2. The van der Waals surface area contributed by atoms with Crippen LogP contribution >= 0.6 is 11.6 Å². The van der Waals surface area contributed by atoms with Gasteiger partial charge in [0, 0.05) is 11.6 Å². The van der Waals surface area contributed by atoms with Crippen LogP contribution in [0.5, 0.6) is 0 Å². The fraction of sp³-hybridized carbons (Fsp3) is 0.120. The van der Waals surface area contributed by atoms with Crippen LogP contribution in [-0.2, 0) is 4.74 Å². The van der Waals surface area contributed by atoms with E-state index in [1.54, 1.807) is 36.4 Å². The number of amides is 2. The van der Waals surface area contributed by atoms with Crippen LogP contribution in [0.15, 0.2) is 72.8 Å². The summed E-state index contributed by atoms with van der Waals surface area (Å²) in [5.74, 6) is -0.123. The Hall–Kier alpha value is -4.21. The lowest BCUT2D eigenvalue weighted by Gasteiger charge is -2.26. The number of ether oxygens (including phenoxy) is 1. The number of carbonyl (C=O) groups is 2. The third-order valence-electron chi connectivity index (χ3n) is 5.44. The number of rotatable bonds is 6. The first-order valence-electron chi connectivity index (χ1n) is 10.9. The van der Waals surface area contributed by atoms with E-state index in [1.165, 1.54) is 10.7 Å². The molecule has 0 spiro atoms. The molecule has 3 heterocycles. The normalized spacial score (nSPS) is 13.2. The van der Waals surface area contributed by atoms with E-state index in [0.717, 1.165) is 0 Å². The van der Waals surface area contributed by atoms with E-state index < -0.39 is 5.91 Å². The number of hydrogen-bond acceptors (Lipinski definition) is 6. The fourth-order valence-corrected chi connectivity index (χ4v) is 3.78. The number of benzene rings is 2. The van der Waals surface area contributed by atoms with Crippen molar-refractivity contribution in [3.05, 3.63) is 89.1 Å². The molecule has 0 radical (unpaired) electrons. The second-order valence-electron chi connectivity index (χ2n) is 7.97. The van der Waals surface area contributed by atoms with Gasteiger partial charge in [-0.1, -0.05) is 41.9 Å². The molecule has 10 heteroatoms. The number of anilines is 2. The molecule has 0 unspecified atom stereocenters. The van der Waals surface area contributed by atoms with Crippen molar-refractivity contribution in [3.8, 4) is 16.9 Å². The zero-order valence-corrected chi connectivity index (χ0v) is 19.2. The summed E-state index contributed by atoms with van der Waals surface area (Å²) in [4.78, 5) is 30.3. The van der Waals surface area contributed by atoms with Gasteiger partial charge in [0.2, 0.25) is 0 Å². The smallest absolute Gasteiger partial charge is 0.272 e. The van der Waals surface area contributed by atoms with Gasteiger partial charge in [-0.3, -0.25) is 9.59 Å². The molecule has 0 aliphatic carbocycles. The fourth-order valence-electron chi connectivity index (χ4n) is 3.58. The van der Waals surface area contributed by atoms with Gasteiger partial charge in [-0.2, -0.15) is 5.10 Å². The summed E-state index contributed by atoms with van der Waals surface area (Å²) in [6, 6.07) is 21.0. The summed E-state index contributed by atoms with van der Waals surface area (Å²) < 4.78 is 6.61. The van der Waals surface area contributed by atoms with Gasteiger partial charge in [0.25, 0.3) is 11.8 Å². The highest BCUT2D eigenvalue weighted by molar-refractivity contribution is 6.34. The number of hydrogen-bond donors (Lipinski definition) is 3. The molecule has 2 amide bonds. The highest BCUT2D eigenvalue weighted by atomic mass is 35.5. The molecule has 9 nitrogen and oxygen atoms in total. The monoisotopic (exact) mass is 488 g/mol. The highest BCUT2D eigenvalue weighted by Crippen LogP contribution is 2.26. The van der Waals surface area contributed by atoms with Crippen LogP contribution < -0.4 is 16.4 Å². The summed E-state index contributed by atoms with van der Waals surface area (Å²) in [7, 11) is 0. The third-order valence-corrected chi connectivity index (χ3v) is 5.76. The molecule has 0 atom stereocenters. The predicted molar refractivity (Wildman–Crippen MR) is 133 cm³/mol. The number of carbonyl (C=O) groups excluding carboxylic acids is 2. The van der Waals surface area contributed by atoms with Gasteiger partial charge in [0.05, 0.1) is 41.2 Å². The van der Waals surface area contributed by atoms with Crippen LogP contribution in [0.25, 0.3) is 16.9 Å². The van der Waals surface area contributed by atoms with Crippen LogP contribution in [0.1, 0.15) is 20.8 Å². The van der Waals surface area contributed by atoms with Crippen molar-refractivity contribution in [2.24, 2.45) is 0 Å². The van der Waals surface area contributed by atoms with Gasteiger partial charge in [-0.05, 0) is 36.4 Å². The molecule has 0 saturated carbocycles.